The largest absolute Gasteiger partial charge is 0.508 e. The minimum atomic E-state index is -0.464. The predicted molar refractivity (Wildman–Crippen MR) is 183 cm³/mol. The third kappa shape index (κ3) is 4.35. The highest BCUT2D eigenvalue weighted by atomic mass is 35.5. The van der Waals surface area contributed by atoms with Gasteiger partial charge in [0.25, 0.3) is 0 Å². The number of phenolic OH excluding ortho intramolecular Hbond substituents is 1. The lowest BCUT2D eigenvalue weighted by Crippen LogP contribution is -2.57. The van der Waals surface area contributed by atoms with Crippen LogP contribution in [0.25, 0.3) is 43.8 Å². The van der Waals surface area contributed by atoms with E-state index in [4.69, 9.17) is 21.6 Å². The monoisotopic (exact) mass is 639 g/mol. The summed E-state index contributed by atoms with van der Waals surface area (Å²) in [5, 5.41) is 20.5. The number of aromatic nitrogens is 3. The van der Waals surface area contributed by atoms with E-state index >= 15 is 4.39 Å². The van der Waals surface area contributed by atoms with Crippen molar-refractivity contribution in [3.8, 4) is 16.9 Å². The lowest BCUT2D eigenvalue weighted by Gasteiger charge is -2.43. The van der Waals surface area contributed by atoms with Gasteiger partial charge >= 0.3 is 0 Å². The van der Waals surface area contributed by atoms with Crippen molar-refractivity contribution in [1.82, 2.24) is 30.1 Å². The molecular formula is C36H39ClFN7O. The maximum atomic E-state index is 17.2. The summed E-state index contributed by atoms with van der Waals surface area (Å²) in [6.07, 6.45) is 4.32. The van der Waals surface area contributed by atoms with Crippen molar-refractivity contribution in [1.29, 1.82) is 0 Å². The van der Waals surface area contributed by atoms with E-state index in [1.54, 1.807) is 12.1 Å². The van der Waals surface area contributed by atoms with E-state index in [2.05, 4.69) is 39.1 Å². The first kappa shape index (κ1) is 28.7. The van der Waals surface area contributed by atoms with E-state index in [9.17, 15) is 5.11 Å². The number of imidazole rings is 1. The quantitative estimate of drug-likeness (QED) is 0.219. The number of benzene rings is 3. The van der Waals surface area contributed by atoms with Crippen molar-refractivity contribution >= 4 is 50.1 Å². The fraction of sp³-hybridized carbons (Fsp3) is 0.444. The van der Waals surface area contributed by atoms with Gasteiger partial charge in [0, 0.05) is 49.1 Å². The Bertz CT molecular complexity index is 2000. The maximum absolute atomic E-state index is 17.2. The van der Waals surface area contributed by atoms with Crippen molar-refractivity contribution in [2.45, 2.75) is 43.8 Å². The number of nitrogens with one attached hydrogen (secondary N) is 2. The Balaban J connectivity index is 1.31. The molecule has 3 N–H and O–H groups in total. The van der Waals surface area contributed by atoms with Gasteiger partial charge in [-0.25, -0.2) is 14.4 Å². The molecule has 10 heteroatoms. The Morgan fingerprint density at radius 3 is 2.59 bits per heavy atom. The van der Waals surface area contributed by atoms with Crippen LogP contribution in [0, 0.1) is 17.7 Å². The van der Waals surface area contributed by atoms with E-state index in [0.29, 0.717) is 45.4 Å². The lowest BCUT2D eigenvalue weighted by molar-refractivity contribution is 0.217. The van der Waals surface area contributed by atoms with Crippen molar-refractivity contribution in [3.63, 3.8) is 0 Å². The summed E-state index contributed by atoms with van der Waals surface area (Å²) in [7, 11) is 4.20. The highest BCUT2D eigenvalue weighted by Crippen LogP contribution is 2.49. The van der Waals surface area contributed by atoms with Gasteiger partial charge in [0.15, 0.2) is 11.6 Å². The number of anilines is 1. The molecule has 5 fully saturated rings. The number of rotatable bonds is 6. The molecule has 6 heterocycles. The molecule has 0 radical (unpaired) electrons. The van der Waals surface area contributed by atoms with Gasteiger partial charge in [0.1, 0.15) is 22.6 Å². The summed E-state index contributed by atoms with van der Waals surface area (Å²) in [4.78, 5) is 15.0. The van der Waals surface area contributed by atoms with Crippen LogP contribution in [-0.2, 0) is 6.42 Å². The molecule has 4 saturated heterocycles. The Morgan fingerprint density at radius 1 is 1.04 bits per heavy atom. The SMILES string of the molecule is CN(C)C1CN(c2nc3c(F)c(-c4cc(O)cc5ccccc45)c(Cl)cc3c3c2nc(CC2CCNCC2)n3[C@H]2[C@H]3CN[C@@H]2C3)C1. The van der Waals surface area contributed by atoms with Crippen LogP contribution in [0.5, 0.6) is 5.75 Å². The molecule has 0 amide bonds. The third-order valence-electron chi connectivity index (χ3n) is 11.2. The molecule has 238 valence electrons. The fourth-order valence-electron chi connectivity index (χ4n) is 8.52. The molecule has 8 nitrogen and oxygen atoms in total. The van der Waals surface area contributed by atoms with Crippen LogP contribution < -0.4 is 15.5 Å². The molecule has 5 aliphatic rings. The number of halogens is 2. The molecule has 46 heavy (non-hydrogen) atoms. The zero-order valence-electron chi connectivity index (χ0n) is 26.2. The molecule has 3 aromatic carbocycles. The van der Waals surface area contributed by atoms with Crippen LogP contribution in [0.2, 0.25) is 5.02 Å². The van der Waals surface area contributed by atoms with Crippen molar-refractivity contribution in [2.75, 3.05) is 51.7 Å². The molecule has 2 aromatic heterocycles. The molecule has 1 saturated carbocycles. The number of hydrogen-bond donors (Lipinski definition) is 3. The second-order valence-electron chi connectivity index (χ2n) is 14.1. The zero-order valence-corrected chi connectivity index (χ0v) is 27.0. The van der Waals surface area contributed by atoms with Crippen LogP contribution in [-0.4, -0.2) is 83.4 Å². The molecule has 1 aliphatic carbocycles. The third-order valence-corrected chi connectivity index (χ3v) is 11.5. The first-order chi connectivity index (χ1) is 22.4. The summed E-state index contributed by atoms with van der Waals surface area (Å²) in [5.74, 6) is 2.52. The predicted octanol–water partition coefficient (Wildman–Crippen LogP) is 5.73. The van der Waals surface area contributed by atoms with E-state index < -0.39 is 5.82 Å². The summed E-state index contributed by atoms with van der Waals surface area (Å²) < 4.78 is 19.7. The molecule has 2 bridgehead atoms. The van der Waals surface area contributed by atoms with Gasteiger partial charge in [-0.1, -0.05) is 35.9 Å². The Hall–Kier alpha value is -3.50. The van der Waals surface area contributed by atoms with Crippen LogP contribution in [0.4, 0.5) is 10.2 Å². The van der Waals surface area contributed by atoms with Crippen molar-refractivity contribution in [2.24, 2.45) is 11.8 Å². The highest BCUT2D eigenvalue weighted by molar-refractivity contribution is 6.35. The summed E-state index contributed by atoms with van der Waals surface area (Å²) in [6, 6.07) is 14.0. The van der Waals surface area contributed by atoms with Gasteiger partial charge in [0.05, 0.1) is 16.6 Å². The van der Waals surface area contributed by atoms with E-state index in [0.717, 1.165) is 91.9 Å². The number of fused-ring (bicyclic) bond motifs is 5. The molecule has 10 rings (SSSR count). The van der Waals surface area contributed by atoms with Crippen molar-refractivity contribution in [3.05, 3.63) is 59.1 Å². The molecule has 4 aliphatic heterocycles. The normalized spacial score (nSPS) is 23.6. The molecular weight excluding hydrogens is 601 g/mol. The Labute approximate surface area is 272 Å². The number of pyridine rings is 1. The number of likely N-dealkylation sites (N-methyl/N-ethyl adjacent to an activating group) is 1. The zero-order chi connectivity index (χ0) is 31.3. The van der Waals surface area contributed by atoms with Crippen LogP contribution >= 0.6 is 11.6 Å². The van der Waals surface area contributed by atoms with E-state index in [1.165, 1.54) is 0 Å². The van der Waals surface area contributed by atoms with E-state index in [1.807, 2.05) is 30.3 Å². The van der Waals surface area contributed by atoms with Crippen LogP contribution in [0.1, 0.15) is 31.1 Å². The van der Waals surface area contributed by atoms with Gasteiger partial charge < -0.3 is 30.1 Å². The molecule has 0 spiro atoms. The lowest BCUT2D eigenvalue weighted by atomic mass is 9.79. The molecule has 3 atom stereocenters. The number of phenols is 1. The summed E-state index contributed by atoms with van der Waals surface area (Å²) in [5.41, 5.74) is 2.93. The summed E-state index contributed by atoms with van der Waals surface area (Å²) >= 11 is 7.09. The average molecular weight is 640 g/mol. The summed E-state index contributed by atoms with van der Waals surface area (Å²) in [6.45, 7) is 4.69. The highest BCUT2D eigenvalue weighted by Gasteiger charge is 2.49. The van der Waals surface area contributed by atoms with E-state index in [-0.39, 0.29) is 17.4 Å². The second-order valence-corrected chi connectivity index (χ2v) is 14.5. The van der Waals surface area contributed by atoms with Crippen LogP contribution in [0.15, 0.2) is 42.5 Å². The first-order valence-electron chi connectivity index (χ1n) is 16.7. The maximum Gasteiger partial charge on any atom is 0.158 e. The minimum absolute atomic E-state index is 0.0669. The van der Waals surface area contributed by atoms with Crippen LogP contribution in [0.3, 0.4) is 0 Å². The molecule has 5 aromatic rings. The van der Waals surface area contributed by atoms with Gasteiger partial charge in [0.2, 0.25) is 0 Å². The fourth-order valence-corrected chi connectivity index (χ4v) is 8.82. The Morgan fingerprint density at radius 2 is 1.85 bits per heavy atom. The smallest absolute Gasteiger partial charge is 0.158 e. The van der Waals surface area contributed by atoms with Gasteiger partial charge in [-0.2, -0.15) is 0 Å². The second kappa shape index (κ2) is 10.8. The number of aromatic hydroxyl groups is 1. The first-order valence-corrected chi connectivity index (χ1v) is 17.0. The number of piperidine rings is 1. The molecule has 0 unspecified atom stereocenters. The topological polar surface area (TPSA) is 81.5 Å². The van der Waals surface area contributed by atoms with Gasteiger partial charge in [-0.3, -0.25) is 0 Å². The average Bonchev–Trinajstić information content (AvgIpc) is 3.74. The Kier molecular flexibility index (Phi) is 6.72. The van der Waals surface area contributed by atoms with Crippen molar-refractivity contribution < 1.29 is 9.50 Å². The number of nitrogens with zero attached hydrogens (tertiary/aromatic N) is 5. The van der Waals surface area contributed by atoms with Gasteiger partial charge in [-0.05, 0) is 92.8 Å². The standard InChI is InChI=1S/C36H39ClFN7O/c1-43(2)22-17-44(18-22)36-33-35(45(34-21-13-28(34)40-16-21)29(41-33)11-19-7-9-39-10-8-19)26-15-27(37)30(31(38)32(26)42-36)25-14-23(46)12-20-5-3-4-6-24(20)25/h3-6,12,14-15,19,21-22,28,34,39-40,46H,7-11,13,16-18H2,1-2H3/t21-,28-,34+/m1/s1. The van der Waals surface area contributed by atoms with Gasteiger partial charge in [-0.15, -0.1) is 0 Å². The number of hydrogen-bond acceptors (Lipinski definition) is 7. The minimum Gasteiger partial charge on any atom is -0.508 e.